The Hall–Kier alpha value is -2.30. The van der Waals surface area contributed by atoms with E-state index in [9.17, 15) is 4.79 Å². The number of ether oxygens (including phenoxy) is 1. The summed E-state index contributed by atoms with van der Waals surface area (Å²) in [6, 6.07) is 16.7. The number of halogens is 1. The second-order valence-corrected chi connectivity index (χ2v) is 6.56. The minimum Gasteiger partial charge on any atom is -0.494 e. The van der Waals surface area contributed by atoms with Gasteiger partial charge in [-0.05, 0) is 55.0 Å². The Kier molecular flexibility index (Phi) is 11.7. The molecule has 2 rings (SSSR count). The summed E-state index contributed by atoms with van der Waals surface area (Å²) in [6.07, 6.45) is 7.45. The number of aryl methyl sites for hydroxylation is 2. The number of rotatable bonds is 12. The number of hydrogen-bond acceptors (Lipinski definition) is 3. The van der Waals surface area contributed by atoms with Gasteiger partial charge < -0.3 is 15.2 Å². The second kappa shape index (κ2) is 13.8. The zero-order valence-electron chi connectivity index (χ0n) is 16.4. The first-order valence-electron chi connectivity index (χ1n) is 9.51. The van der Waals surface area contributed by atoms with Crippen molar-refractivity contribution >= 4 is 24.5 Å². The number of benzene rings is 2. The van der Waals surface area contributed by atoms with Crippen LogP contribution in [0.3, 0.4) is 0 Å². The summed E-state index contributed by atoms with van der Waals surface area (Å²) in [5.74, 6) is 0.127. The lowest BCUT2D eigenvalue weighted by atomic mass is 10.1. The summed E-state index contributed by atoms with van der Waals surface area (Å²) >= 11 is 0. The van der Waals surface area contributed by atoms with E-state index < -0.39 is 5.97 Å². The lowest BCUT2D eigenvalue weighted by Crippen LogP contribution is -2.17. The van der Waals surface area contributed by atoms with Crippen LogP contribution in [0.4, 0.5) is 0 Å². The van der Waals surface area contributed by atoms with Crippen LogP contribution in [0.1, 0.15) is 36.0 Å². The Morgan fingerprint density at radius 3 is 2.64 bits per heavy atom. The third kappa shape index (κ3) is 9.58. The fourth-order valence-electron chi connectivity index (χ4n) is 2.76. The zero-order chi connectivity index (χ0) is 19.3. The van der Waals surface area contributed by atoms with Gasteiger partial charge in [-0.15, -0.1) is 12.4 Å². The number of carboxylic acids is 1. The molecule has 2 aromatic rings. The van der Waals surface area contributed by atoms with Gasteiger partial charge in [0.1, 0.15) is 5.75 Å². The molecule has 0 bridgehead atoms. The normalized spacial score (nSPS) is 10.6. The molecule has 0 radical (unpaired) electrons. The maximum Gasteiger partial charge on any atom is 0.304 e. The number of unbranched alkanes of at least 4 members (excludes halogenated alkanes) is 1. The lowest BCUT2D eigenvalue weighted by molar-refractivity contribution is -0.136. The van der Waals surface area contributed by atoms with Gasteiger partial charge in [0, 0.05) is 13.1 Å². The van der Waals surface area contributed by atoms with E-state index in [0.29, 0.717) is 13.1 Å². The summed E-state index contributed by atoms with van der Waals surface area (Å²) in [5, 5.41) is 11.7. The van der Waals surface area contributed by atoms with E-state index in [4.69, 9.17) is 9.84 Å². The fourth-order valence-corrected chi connectivity index (χ4v) is 2.76. The molecule has 0 unspecified atom stereocenters. The van der Waals surface area contributed by atoms with Gasteiger partial charge in [0.05, 0.1) is 13.0 Å². The minimum atomic E-state index is -0.780. The number of carboxylic acid groups (broad SMARTS) is 1. The molecule has 5 heteroatoms. The highest BCUT2D eigenvalue weighted by atomic mass is 35.5. The molecule has 0 atom stereocenters. The zero-order valence-corrected chi connectivity index (χ0v) is 17.2. The molecule has 0 heterocycles. The van der Waals surface area contributed by atoms with E-state index in [0.717, 1.165) is 37.2 Å². The molecule has 28 heavy (non-hydrogen) atoms. The van der Waals surface area contributed by atoms with Crippen molar-refractivity contribution in [3.8, 4) is 5.75 Å². The predicted molar refractivity (Wildman–Crippen MR) is 117 cm³/mol. The Morgan fingerprint density at radius 2 is 1.93 bits per heavy atom. The third-order valence-corrected chi connectivity index (χ3v) is 4.29. The Bertz CT molecular complexity index is 732. The first kappa shape index (κ1) is 23.7. The number of hydrogen-bond donors (Lipinski definition) is 2. The Balaban J connectivity index is 0.00000392. The summed E-state index contributed by atoms with van der Waals surface area (Å²) < 4.78 is 5.87. The smallest absolute Gasteiger partial charge is 0.304 e. The van der Waals surface area contributed by atoms with Crippen LogP contribution in [-0.2, 0) is 11.2 Å². The van der Waals surface area contributed by atoms with Crippen molar-refractivity contribution in [2.45, 2.75) is 32.6 Å². The van der Waals surface area contributed by atoms with Crippen LogP contribution < -0.4 is 10.1 Å². The van der Waals surface area contributed by atoms with Gasteiger partial charge in [0.15, 0.2) is 0 Å². The monoisotopic (exact) mass is 403 g/mol. The maximum atomic E-state index is 10.4. The first-order valence-corrected chi connectivity index (χ1v) is 9.51. The summed E-state index contributed by atoms with van der Waals surface area (Å²) in [5.41, 5.74) is 3.69. The number of carbonyl (C=O) groups is 1. The lowest BCUT2D eigenvalue weighted by Gasteiger charge is -2.09. The SMILES string of the molecule is Cc1cc(OCCCCc2ccccc2)ccc1C=CCNCCC(=O)O.Cl. The van der Waals surface area contributed by atoms with Crippen LogP contribution >= 0.6 is 12.4 Å². The van der Waals surface area contributed by atoms with Crippen LogP contribution in [0.2, 0.25) is 0 Å². The van der Waals surface area contributed by atoms with E-state index in [1.165, 1.54) is 11.1 Å². The largest absolute Gasteiger partial charge is 0.494 e. The van der Waals surface area contributed by atoms with E-state index in [1.807, 2.05) is 24.3 Å². The molecule has 152 valence electrons. The van der Waals surface area contributed by atoms with Crippen molar-refractivity contribution < 1.29 is 14.6 Å². The van der Waals surface area contributed by atoms with Gasteiger partial charge in [-0.25, -0.2) is 0 Å². The molecule has 0 spiro atoms. The topological polar surface area (TPSA) is 58.6 Å². The van der Waals surface area contributed by atoms with Gasteiger partial charge in [-0.1, -0.05) is 48.6 Å². The van der Waals surface area contributed by atoms with Crippen molar-refractivity contribution in [3.63, 3.8) is 0 Å². The summed E-state index contributed by atoms with van der Waals surface area (Å²) in [6.45, 7) is 3.94. The number of aliphatic carboxylic acids is 1. The highest BCUT2D eigenvalue weighted by Crippen LogP contribution is 2.19. The molecule has 0 fully saturated rings. The van der Waals surface area contributed by atoms with E-state index >= 15 is 0 Å². The maximum absolute atomic E-state index is 10.4. The van der Waals surface area contributed by atoms with Crippen molar-refractivity contribution in [3.05, 3.63) is 71.3 Å². The van der Waals surface area contributed by atoms with Crippen molar-refractivity contribution in [2.24, 2.45) is 0 Å². The average Bonchev–Trinajstić information content (AvgIpc) is 2.66. The van der Waals surface area contributed by atoms with Crippen molar-refractivity contribution in [1.82, 2.24) is 5.32 Å². The van der Waals surface area contributed by atoms with Gasteiger partial charge in [-0.2, -0.15) is 0 Å². The van der Waals surface area contributed by atoms with Gasteiger partial charge in [0.25, 0.3) is 0 Å². The molecule has 0 aliphatic rings. The third-order valence-electron chi connectivity index (χ3n) is 4.29. The molecule has 4 nitrogen and oxygen atoms in total. The highest BCUT2D eigenvalue weighted by molar-refractivity contribution is 5.85. The molecule has 0 aromatic heterocycles. The molecule has 0 aliphatic heterocycles. The Morgan fingerprint density at radius 1 is 1.14 bits per heavy atom. The number of nitrogens with one attached hydrogen (secondary N) is 1. The fraction of sp³-hybridized carbons (Fsp3) is 0.348. The molecule has 2 N–H and O–H groups in total. The average molecular weight is 404 g/mol. The first-order chi connectivity index (χ1) is 13.1. The second-order valence-electron chi connectivity index (χ2n) is 6.56. The van der Waals surface area contributed by atoms with Gasteiger partial charge >= 0.3 is 5.97 Å². The van der Waals surface area contributed by atoms with Crippen LogP contribution in [0, 0.1) is 6.92 Å². The van der Waals surface area contributed by atoms with Crippen LogP contribution in [0.5, 0.6) is 5.75 Å². The van der Waals surface area contributed by atoms with E-state index in [1.54, 1.807) is 0 Å². The summed E-state index contributed by atoms with van der Waals surface area (Å²) in [4.78, 5) is 10.4. The van der Waals surface area contributed by atoms with Crippen LogP contribution in [0.25, 0.3) is 6.08 Å². The molecular formula is C23H30ClNO3. The molecule has 0 aliphatic carbocycles. The minimum absolute atomic E-state index is 0. The van der Waals surface area contributed by atoms with Crippen molar-refractivity contribution in [2.75, 3.05) is 19.7 Å². The molecular weight excluding hydrogens is 374 g/mol. The molecule has 2 aromatic carbocycles. The molecule has 0 amide bonds. The van der Waals surface area contributed by atoms with Crippen molar-refractivity contribution in [1.29, 1.82) is 0 Å². The van der Waals surface area contributed by atoms with Crippen LogP contribution in [0.15, 0.2) is 54.6 Å². The standard InChI is InChI=1S/C23H29NO3.ClH/c1-19-18-22(27-17-6-5-10-20-8-3-2-4-9-20)13-12-21(19)11-7-15-24-16-14-23(25)26;/h2-4,7-9,11-13,18,24H,5-6,10,14-17H2,1H3,(H,25,26);1H. The van der Waals surface area contributed by atoms with E-state index in [-0.39, 0.29) is 18.8 Å². The van der Waals surface area contributed by atoms with E-state index in [2.05, 4.69) is 48.6 Å². The van der Waals surface area contributed by atoms with Gasteiger partial charge in [-0.3, -0.25) is 4.79 Å². The quantitative estimate of drug-likeness (QED) is 0.495. The Labute approximate surface area is 174 Å². The molecule has 0 saturated carbocycles. The summed E-state index contributed by atoms with van der Waals surface area (Å²) in [7, 11) is 0. The highest BCUT2D eigenvalue weighted by Gasteiger charge is 2.00. The van der Waals surface area contributed by atoms with Crippen LogP contribution in [-0.4, -0.2) is 30.8 Å². The molecule has 0 saturated heterocycles. The predicted octanol–water partition coefficient (Wildman–Crippen LogP) is 4.90. The van der Waals surface area contributed by atoms with Gasteiger partial charge in [0.2, 0.25) is 0 Å².